The highest BCUT2D eigenvalue weighted by Gasteiger charge is 2.08. The Morgan fingerprint density at radius 1 is 1.33 bits per heavy atom. The molecule has 128 valence electrons. The molecule has 0 radical (unpaired) electrons. The molecule has 0 aliphatic rings. The molecule has 1 aromatic carbocycles. The van der Waals surface area contributed by atoms with Crippen molar-refractivity contribution < 1.29 is 4.74 Å². The fraction of sp³-hybridized carbons (Fsp3) is 0.474. The summed E-state index contributed by atoms with van der Waals surface area (Å²) in [6.45, 7) is 6.50. The fourth-order valence-electron chi connectivity index (χ4n) is 2.71. The van der Waals surface area contributed by atoms with Crippen LogP contribution in [0.2, 0.25) is 0 Å². The zero-order chi connectivity index (χ0) is 17.4. The van der Waals surface area contributed by atoms with Gasteiger partial charge in [-0.15, -0.1) is 0 Å². The van der Waals surface area contributed by atoms with Crippen LogP contribution < -0.4 is 10.1 Å². The predicted octanol–water partition coefficient (Wildman–Crippen LogP) is 3.05. The summed E-state index contributed by atoms with van der Waals surface area (Å²) in [5.74, 6) is 0.867. The van der Waals surface area contributed by atoms with E-state index in [-0.39, 0.29) is 0 Å². The second kappa shape index (κ2) is 9.09. The van der Waals surface area contributed by atoms with Crippen LogP contribution in [0.25, 0.3) is 0 Å². The molecule has 5 nitrogen and oxygen atoms in total. The molecule has 0 atom stereocenters. The van der Waals surface area contributed by atoms with Gasteiger partial charge in [0.15, 0.2) is 0 Å². The van der Waals surface area contributed by atoms with Gasteiger partial charge in [0.05, 0.1) is 18.4 Å². The third kappa shape index (κ3) is 5.10. The first kappa shape index (κ1) is 18.0. The van der Waals surface area contributed by atoms with Crippen molar-refractivity contribution >= 4 is 0 Å². The molecule has 0 amide bonds. The quantitative estimate of drug-likeness (QED) is 0.719. The second-order valence-corrected chi connectivity index (χ2v) is 5.96. The number of nitrogens with zero attached hydrogens (tertiary/aromatic N) is 3. The molecule has 1 heterocycles. The van der Waals surface area contributed by atoms with Crippen molar-refractivity contribution in [1.82, 2.24) is 15.1 Å². The molecule has 5 heteroatoms. The highest BCUT2D eigenvalue weighted by Crippen LogP contribution is 2.14. The third-order valence-corrected chi connectivity index (χ3v) is 4.14. The fourth-order valence-corrected chi connectivity index (χ4v) is 2.71. The van der Waals surface area contributed by atoms with Crippen LogP contribution in [0.1, 0.15) is 35.4 Å². The Labute approximate surface area is 144 Å². The number of aromatic nitrogens is 2. The first-order chi connectivity index (χ1) is 11.6. The molecule has 0 aliphatic carbocycles. The van der Waals surface area contributed by atoms with Crippen molar-refractivity contribution in [2.75, 3.05) is 13.2 Å². The lowest BCUT2D eigenvalue weighted by molar-refractivity contribution is 0.312. The standard InChI is InChI=1S/C19H26N4O/c1-15-19(16(2)23(3)22-15)9-11-21-14-17-7-6-8-18(13-17)24-12-5-4-10-20/h6-8,13,21H,4-5,9,11-12,14H2,1-3H3. The Hall–Kier alpha value is -2.32. The molecule has 2 aromatic rings. The average Bonchev–Trinajstić information content (AvgIpc) is 2.82. The lowest BCUT2D eigenvalue weighted by atomic mass is 10.1. The summed E-state index contributed by atoms with van der Waals surface area (Å²) in [5.41, 5.74) is 4.89. The largest absolute Gasteiger partial charge is 0.494 e. The number of ether oxygens (including phenoxy) is 1. The second-order valence-electron chi connectivity index (χ2n) is 5.96. The Bertz CT molecular complexity index is 700. The number of rotatable bonds is 9. The average molecular weight is 326 g/mol. The third-order valence-electron chi connectivity index (χ3n) is 4.14. The van der Waals surface area contributed by atoms with Crippen LogP contribution in [0.15, 0.2) is 24.3 Å². The molecular formula is C19H26N4O. The summed E-state index contributed by atoms with van der Waals surface area (Å²) in [6, 6.07) is 10.2. The zero-order valence-electron chi connectivity index (χ0n) is 14.8. The first-order valence-corrected chi connectivity index (χ1v) is 8.40. The molecule has 24 heavy (non-hydrogen) atoms. The zero-order valence-corrected chi connectivity index (χ0v) is 14.8. The highest BCUT2D eigenvalue weighted by molar-refractivity contribution is 5.28. The lowest BCUT2D eigenvalue weighted by Crippen LogP contribution is -2.17. The van der Waals surface area contributed by atoms with E-state index in [1.165, 1.54) is 16.8 Å². The van der Waals surface area contributed by atoms with Crippen molar-refractivity contribution in [3.05, 3.63) is 46.8 Å². The number of hydrogen-bond acceptors (Lipinski definition) is 4. The van der Waals surface area contributed by atoms with Crippen LogP contribution in [0.3, 0.4) is 0 Å². The van der Waals surface area contributed by atoms with Crippen molar-refractivity contribution in [1.29, 1.82) is 5.26 Å². The van der Waals surface area contributed by atoms with Gasteiger partial charge in [0, 0.05) is 25.7 Å². The summed E-state index contributed by atoms with van der Waals surface area (Å²) >= 11 is 0. The maximum atomic E-state index is 8.53. The van der Waals surface area contributed by atoms with Gasteiger partial charge in [-0.05, 0) is 56.5 Å². The van der Waals surface area contributed by atoms with Gasteiger partial charge in [0.2, 0.25) is 0 Å². The summed E-state index contributed by atoms with van der Waals surface area (Å²) in [6.07, 6.45) is 2.28. The van der Waals surface area contributed by atoms with Crippen LogP contribution in [-0.4, -0.2) is 22.9 Å². The van der Waals surface area contributed by atoms with Crippen molar-refractivity contribution in [2.45, 2.75) is 39.7 Å². The molecule has 0 unspecified atom stereocenters. The smallest absolute Gasteiger partial charge is 0.119 e. The summed E-state index contributed by atoms with van der Waals surface area (Å²) in [7, 11) is 1.99. The molecule has 1 N–H and O–H groups in total. The van der Waals surface area contributed by atoms with Crippen molar-refractivity contribution in [2.24, 2.45) is 7.05 Å². The number of benzene rings is 1. The highest BCUT2D eigenvalue weighted by atomic mass is 16.5. The maximum Gasteiger partial charge on any atom is 0.119 e. The number of unbranched alkanes of at least 4 members (excludes halogenated alkanes) is 1. The van der Waals surface area contributed by atoms with Crippen LogP contribution in [-0.2, 0) is 20.0 Å². The van der Waals surface area contributed by atoms with Gasteiger partial charge in [-0.3, -0.25) is 4.68 Å². The van der Waals surface area contributed by atoms with E-state index in [1.54, 1.807) is 0 Å². The first-order valence-electron chi connectivity index (χ1n) is 8.40. The SMILES string of the molecule is Cc1nn(C)c(C)c1CCNCc1cccc(OCCCC#N)c1. The van der Waals surface area contributed by atoms with Gasteiger partial charge in [-0.1, -0.05) is 12.1 Å². The number of nitrogens with one attached hydrogen (secondary N) is 1. The van der Waals surface area contributed by atoms with E-state index >= 15 is 0 Å². The Kier molecular flexibility index (Phi) is 6.83. The monoisotopic (exact) mass is 326 g/mol. The van der Waals surface area contributed by atoms with Crippen LogP contribution in [0.5, 0.6) is 5.75 Å². The minimum absolute atomic E-state index is 0.536. The van der Waals surface area contributed by atoms with E-state index in [9.17, 15) is 0 Å². The van der Waals surface area contributed by atoms with Crippen LogP contribution >= 0.6 is 0 Å². The minimum Gasteiger partial charge on any atom is -0.494 e. The summed E-state index contributed by atoms with van der Waals surface area (Å²) < 4.78 is 7.61. The maximum absolute atomic E-state index is 8.53. The van der Waals surface area contributed by atoms with E-state index in [0.717, 1.165) is 37.4 Å². The number of aryl methyl sites for hydroxylation is 2. The molecule has 0 saturated carbocycles. The van der Waals surface area contributed by atoms with Crippen molar-refractivity contribution in [3.63, 3.8) is 0 Å². The molecule has 0 bridgehead atoms. The lowest BCUT2D eigenvalue weighted by Gasteiger charge is -2.09. The normalized spacial score (nSPS) is 10.6. The number of nitriles is 1. The van der Waals surface area contributed by atoms with E-state index < -0.39 is 0 Å². The summed E-state index contributed by atoms with van der Waals surface area (Å²) in [4.78, 5) is 0. The summed E-state index contributed by atoms with van der Waals surface area (Å²) in [5, 5.41) is 16.5. The van der Waals surface area contributed by atoms with Gasteiger partial charge in [0.25, 0.3) is 0 Å². The van der Waals surface area contributed by atoms with Crippen LogP contribution in [0.4, 0.5) is 0 Å². The molecule has 0 fully saturated rings. The molecule has 2 rings (SSSR count). The van der Waals surface area contributed by atoms with E-state index in [2.05, 4.69) is 42.5 Å². The van der Waals surface area contributed by atoms with E-state index in [0.29, 0.717) is 13.0 Å². The molecule has 1 aromatic heterocycles. The molecule has 0 saturated heterocycles. The topological polar surface area (TPSA) is 62.9 Å². The van der Waals surface area contributed by atoms with Crippen molar-refractivity contribution in [3.8, 4) is 11.8 Å². The Morgan fingerprint density at radius 3 is 2.88 bits per heavy atom. The van der Waals surface area contributed by atoms with Gasteiger partial charge < -0.3 is 10.1 Å². The minimum atomic E-state index is 0.536. The molecule has 0 spiro atoms. The van der Waals surface area contributed by atoms with Crippen LogP contribution in [0, 0.1) is 25.2 Å². The van der Waals surface area contributed by atoms with Gasteiger partial charge in [-0.25, -0.2) is 0 Å². The Morgan fingerprint density at radius 2 is 2.17 bits per heavy atom. The van der Waals surface area contributed by atoms with Gasteiger partial charge >= 0.3 is 0 Å². The molecular weight excluding hydrogens is 300 g/mol. The number of hydrogen-bond donors (Lipinski definition) is 1. The Balaban J connectivity index is 1.77. The van der Waals surface area contributed by atoms with E-state index in [4.69, 9.17) is 10.00 Å². The van der Waals surface area contributed by atoms with E-state index in [1.807, 2.05) is 23.9 Å². The van der Waals surface area contributed by atoms with Gasteiger partial charge in [0.1, 0.15) is 5.75 Å². The predicted molar refractivity (Wildman–Crippen MR) is 94.9 cm³/mol. The molecule has 0 aliphatic heterocycles. The van der Waals surface area contributed by atoms with Gasteiger partial charge in [-0.2, -0.15) is 10.4 Å².